The lowest BCUT2D eigenvalue weighted by atomic mass is 10.2. The average Bonchev–Trinajstić information content (AvgIpc) is 1.69. The number of rotatable bonds is 3. The van der Waals surface area contributed by atoms with Crippen molar-refractivity contribution in [2.75, 3.05) is 7.11 Å². The second-order valence-corrected chi connectivity index (χ2v) is 1.68. The lowest BCUT2D eigenvalue weighted by Crippen LogP contribution is -2.21. The summed E-state index contributed by atoms with van der Waals surface area (Å²) < 4.78 is 4.79. The fourth-order valence-electron chi connectivity index (χ4n) is 0.490. The minimum atomic E-state index is -0.461. The second-order valence-electron chi connectivity index (χ2n) is 1.68. The predicted molar refractivity (Wildman–Crippen MR) is 32.7 cm³/mol. The summed E-state index contributed by atoms with van der Waals surface area (Å²) in [7, 11) is 1.54. The second kappa shape index (κ2) is 3.64. The van der Waals surface area contributed by atoms with E-state index in [-0.39, 0.29) is 6.10 Å². The zero-order chi connectivity index (χ0) is 6.57. The lowest BCUT2D eigenvalue weighted by Gasteiger charge is -2.11. The van der Waals surface area contributed by atoms with Crippen molar-refractivity contribution in [3.05, 3.63) is 12.7 Å². The number of methoxy groups -OCH3 is 1. The summed E-state index contributed by atoms with van der Waals surface area (Å²) in [6.45, 7) is 5.13. The highest BCUT2D eigenvalue weighted by atomic mass is 16.5. The molecule has 2 atom stereocenters. The summed E-state index contributed by atoms with van der Waals surface area (Å²) in [5.41, 5.74) is 0. The summed E-state index contributed by atoms with van der Waals surface area (Å²) in [5, 5.41) is 8.82. The van der Waals surface area contributed by atoms with Crippen LogP contribution in [0.4, 0.5) is 0 Å². The SMILES string of the molecule is C=CC(OC)C(C)O. The molecule has 0 amide bonds. The molecule has 2 nitrogen and oxygen atoms in total. The highest BCUT2D eigenvalue weighted by Gasteiger charge is 2.06. The Morgan fingerprint density at radius 2 is 2.25 bits per heavy atom. The molecule has 0 fully saturated rings. The van der Waals surface area contributed by atoms with Gasteiger partial charge in [-0.2, -0.15) is 0 Å². The maximum absolute atomic E-state index is 8.82. The predicted octanol–water partition coefficient (Wildman–Crippen LogP) is 0.568. The number of hydrogen-bond donors (Lipinski definition) is 1. The van der Waals surface area contributed by atoms with Crippen molar-refractivity contribution < 1.29 is 9.84 Å². The lowest BCUT2D eigenvalue weighted by molar-refractivity contribution is 0.0279. The van der Waals surface area contributed by atoms with E-state index in [1.165, 1.54) is 0 Å². The van der Waals surface area contributed by atoms with Crippen molar-refractivity contribution in [1.82, 2.24) is 0 Å². The minimum Gasteiger partial charge on any atom is -0.390 e. The molecule has 0 aromatic carbocycles. The molecule has 0 rings (SSSR count). The zero-order valence-corrected chi connectivity index (χ0v) is 5.29. The first-order valence-corrected chi connectivity index (χ1v) is 2.55. The van der Waals surface area contributed by atoms with Crippen LogP contribution < -0.4 is 0 Å². The molecule has 0 spiro atoms. The van der Waals surface area contributed by atoms with Gasteiger partial charge < -0.3 is 9.84 Å². The molecule has 0 saturated carbocycles. The average molecular weight is 116 g/mol. The Bertz CT molecular complexity index is 68.9. The summed E-state index contributed by atoms with van der Waals surface area (Å²) in [5.74, 6) is 0. The Balaban J connectivity index is 3.51. The van der Waals surface area contributed by atoms with E-state index in [1.807, 2.05) is 0 Å². The molecular weight excluding hydrogens is 104 g/mol. The van der Waals surface area contributed by atoms with E-state index >= 15 is 0 Å². The van der Waals surface area contributed by atoms with Crippen LogP contribution in [0.2, 0.25) is 0 Å². The summed E-state index contributed by atoms with van der Waals surface area (Å²) in [6, 6.07) is 0. The van der Waals surface area contributed by atoms with Crippen molar-refractivity contribution in [1.29, 1.82) is 0 Å². The largest absolute Gasteiger partial charge is 0.390 e. The molecule has 0 aromatic heterocycles. The van der Waals surface area contributed by atoms with Gasteiger partial charge >= 0.3 is 0 Å². The first-order chi connectivity index (χ1) is 3.72. The highest BCUT2D eigenvalue weighted by molar-refractivity contribution is 4.83. The monoisotopic (exact) mass is 116 g/mol. The fraction of sp³-hybridized carbons (Fsp3) is 0.667. The van der Waals surface area contributed by atoms with E-state index in [0.29, 0.717) is 0 Å². The third kappa shape index (κ3) is 2.09. The molecule has 0 aliphatic heterocycles. The minimum absolute atomic E-state index is 0.227. The van der Waals surface area contributed by atoms with Gasteiger partial charge in [0.25, 0.3) is 0 Å². The molecule has 0 saturated heterocycles. The van der Waals surface area contributed by atoms with E-state index in [4.69, 9.17) is 9.84 Å². The van der Waals surface area contributed by atoms with Crippen LogP contribution >= 0.6 is 0 Å². The summed E-state index contributed by atoms with van der Waals surface area (Å²) >= 11 is 0. The third-order valence-electron chi connectivity index (χ3n) is 0.980. The first-order valence-electron chi connectivity index (χ1n) is 2.55. The van der Waals surface area contributed by atoms with E-state index in [0.717, 1.165) is 0 Å². The Morgan fingerprint density at radius 1 is 1.75 bits per heavy atom. The Kier molecular flexibility index (Phi) is 3.48. The van der Waals surface area contributed by atoms with Gasteiger partial charge in [0, 0.05) is 7.11 Å². The molecule has 0 radical (unpaired) electrons. The molecular formula is C6H12O2. The maximum Gasteiger partial charge on any atom is 0.101 e. The standard InChI is InChI=1S/C6H12O2/c1-4-6(8-3)5(2)7/h4-7H,1H2,2-3H3. The summed E-state index contributed by atoms with van der Waals surface area (Å²) in [6.07, 6.45) is 0.887. The van der Waals surface area contributed by atoms with Gasteiger partial charge in [-0.1, -0.05) is 6.08 Å². The number of aliphatic hydroxyl groups is 1. The van der Waals surface area contributed by atoms with E-state index in [2.05, 4.69) is 6.58 Å². The van der Waals surface area contributed by atoms with Gasteiger partial charge in [0.05, 0.1) is 6.10 Å². The molecule has 0 bridgehead atoms. The van der Waals surface area contributed by atoms with Crippen LogP contribution in [0.25, 0.3) is 0 Å². The number of aliphatic hydroxyl groups excluding tert-OH is 1. The topological polar surface area (TPSA) is 29.5 Å². The molecule has 2 unspecified atom stereocenters. The molecule has 48 valence electrons. The number of ether oxygens (including phenoxy) is 1. The zero-order valence-electron chi connectivity index (χ0n) is 5.29. The molecule has 1 N–H and O–H groups in total. The molecule has 0 heterocycles. The van der Waals surface area contributed by atoms with Crippen molar-refractivity contribution in [2.45, 2.75) is 19.1 Å². The maximum atomic E-state index is 8.82. The molecule has 0 aliphatic rings. The molecule has 8 heavy (non-hydrogen) atoms. The van der Waals surface area contributed by atoms with Gasteiger partial charge in [0.15, 0.2) is 0 Å². The molecule has 2 heteroatoms. The fourth-order valence-corrected chi connectivity index (χ4v) is 0.490. The Hall–Kier alpha value is -0.340. The Morgan fingerprint density at radius 3 is 2.25 bits per heavy atom. The van der Waals surface area contributed by atoms with Gasteiger partial charge in [-0.25, -0.2) is 0 Å². The quantitative estimate of drug-likeness (QED) is 0.546. The van der Waals surface area contributed by atoms with Crippen molar-refractivity contribution in [3.8, 4) is 0 Å². The van der Waals surface area contributed by atoms with Crippen LogP contribution in [0.15, 0.2) is 12.7 Å². The van der Waals surface area contributed by atoms with E-state index < -0.39 is 6.10 Å². The van der Waals surface area contributed by atoms with Crippen LogP contribution in [-0.4, -0.2) is 24.4 Å². The van der Waals surface area contributed by atoms with Gasteiger partial charge in [0.2, 0.25) is 0 Å². The van der Waals surface area contributed by atoms with Crippen molar-refractivity contribution in [2.24, 2.45) is 0 Å². The van der Waals surface area contributed by atoms with Crippen LogP contribution in [-0.2, 0) is 4.74 Å². The van der Waals surface area contributed by atoms with Gasteiger partial charge in [-0.3, -0.25) is 0 Å². The molecule has 0 aromatic rings. The first kappa shape index (κ1) is 7.66. The van der Waals surface area contributed by atoms with Crippen molar-refractivity contribution in [3.63, 3.8) is 0 Å². The van der Waals surface area contributed by atoms with E-state index in [9.17, 15) is 0 Å². The smallest absolute Gasteiger partial charge is 0.101 e. The van der Waals surface area contributed by atoms with Gasteiger partial charge in [0.1, 0.15) is 6.10 Å². The Labute approximate surface area is 49.8 Å². The van der Waals surface area contributed by atoms with Crippen LogP contribution in [0, 0.1) is 0 Å². The van der Waals surface area contributed by atoms with Gasteiger partial charge in [-0.15, -0.1) is 6.58 Å². The highest BCUT2D eigenvalue weighted by Crippen LogP contribution is 1.96. The van der Waals surface area contributed by atoms with Crippen LogP contribution in [0.1, 0.15) is 6.92 Å². The summed E-state index contributed by atoms with van der Waals surface area (Å²) in [4.78, 5) is 0. The third-order valence-corrected chi connectivity index (χ3v) is 0.980. The van der Waals surface area contributed by atoms with Crippen LogP contribution in [0.5, 0.6) is 0 Å². The number of hydrogen-bond acceptors (Lipinski definition) is 2. The normalized spacial score (nSPS) is 17.4. The van der Waals surface area contributed by atoms with Gasteiger partial charge in [-0.05, 0) is 6.92 Å². The van der Waals surface area contributed by atoms with Crippen molar-refractivity contribution >= 4 is 0 Å². The molecule has 0 aliphatic carbocycles. The van der Waals surface area contributed by atoms with E-state index in [1.54, 1.807) is 20.1 Å². The van der Waals surface area contributed by atoms with Crippen LogP contribution in [0.3, 0.4) is 0 Å².